The topological polar surface area (TPSA) is 55.8 Å². The molecule has 0 aliphatic carbocycles. The molecule has 0 bridgehead atoms. The SMILES string of the molecule is COc1c(F)cc(C(=O)O)c(F)c1OC. The Morgan fingerprint density at radius 3 is 2.20 bits per heavy atom. The Morgan fingerprint density at radius 2 is 1.80 bits per heavy atom. The van der Waals surface area contributed by atoms with Gasteiger partial charge < -0.3 is 14.6 Å². The van der Waals surface area contributed by atoms with Crippen molar-refractivity contribution in [1.29, 1.82) is 0 Å². The maximum absolute atomic E-state index is 13.4. The van der Waals surface area contributed by atoms with Crippen molar-refractivity contribution in [1.82, 2.24) is 0 Å². The van der Waals surface area contributed by atoms with E-state index >= 15 is 0 Å². The Kier molecular flexibility index (Phi) is 3.08. The molecule has 1 rings (SSSR count). The number of carbonyl (C=O) groups is 1. The van der Waals surface area contributed by atoms with Crippen molar-refractivity contribution in [2.45, 2.75) is 0 Å². The van der Waals surface area contributed by atoms with Gasteiger partial charge in [0.15, 0.2) is 17.4 Å². The number of carboxylic acids is 1. The van der Waals surface area contributed by atoms with Crippen LogP contribution in [0, 0.1) is 11.6 Å². The quantitative estimate of drug-likeness (QED) is 0.838. The van der Waals surface area contributed by atoms with Crippen molar-refractivity contribution in [3.63, 3.8) is 0 Å². The third kappa shape index (κ3) is 1.83. The summed E-state index contributed by atoms with van der Waals surface area (Å²) < 4.78 is 35.7. The van der Waals surface area contributed by atoms with Crippen LogP contribution in [-0.4, -0.2) is 25.3 Å². The van der Waals surface area contributed by atoms with E-state index in [0.29, 0.717) is 6.07 Å². The minimum absolute atomic E-state index is 0.458. The fourth-order valence-corrected chi connectivity index (χ4v) is 1.11. The van der Waals surface area contributed by atoms with Crippen LogP contribution in [0.2, 0.25) is 0 Å². The number of benzene rings is 1. The van der Waals surface area contributed by atoms with Gasteiger partial charge >= 0.3 is 5.97 Å². The van der Waals surface area contributed by atoms with Crippen LogP contribution in [0.5, 0.6) is 11.5 Å². The van der Waals surface area contributed by atoms with E-state index in [1.54, 1.807) is 0 Å². The zero-order valence-electron chi connectivity index (χ0n) is 8.01. The lowest BCUT2D eigenvalue weighted by Crippen LogP contribution is -2.06. The highest BCUT2D eigenvalue weighted by Gasteiger charge is 2.23. The van der Waals surface area contributed by atoms with Gasteiger partial charge in [-0.15, -0.1) is 0 Å². The van der Waals surface area contributed by atoms with Gasteiger partial charge in [0.25, 0.3) is 0 Å². The minimum Gasteiger partial charge on any atom is -0.490 e. The third-order valence-electron chi connectivity index (χ3n) is 1.77. The standard InChI is InChI=1S/C9H8F2O4/c1-14-7-5(10)3-4(9(12)13)6(11)8(7)15-2/h3H,1-2H3,(H,12,13). The van der Waals surface area contributed by atoms with Gasteiger partial charge in [-0.1, -0.05) is 0 Å². The lowest BCUT2D eigenvalue weighted by molar-refractivity contribution is 0.0690. The first kappa shape index (κ1) is 11.2. The van der Waals surface area contributed by atoms with Gasteiger partial charge in [0.1, 0.15) is 5.56 Å². The Bertz CT molecular complexity index is 404. The highest BCUT2D eigenvalue weighted by atomic mass is 19.1. The number of carboxylic acid groups (broad SMARTS) is 1. The molecule has 0 spiro atoms. The number of aromatic carboxylic acids is 1. The van der Waals surface area contributed by atoms with Crippen molar-refractivity contribution < 1.29 is 28.2 Å². The average Bonchev–Trinajstić information content (AvgIpc) is 2.19. The van der Waals surface area contributed by atoms with Gasteiger partial charge in [-0.25, -0.2) is 13.6 Å². The monoisotopic (exact) mass is 218 g/mol. The van der Waals surface area contributed by atoms with Gasteiger partial charge in [-0.3, -0.25) is 0 Å². The molecule has 0 unspecified atom stereocenters. The molecule has 0 aliphatic heterocycles. The van der Waals surface area contributed by atoms with Crippen LogP contribution in [0.1, 0.15) is 10.4 Å². The zero-order chi connectivity index (χ0) is 11.6. The summed E-state index contributed by atoms with van der Waals surface area (Å²) in [4.78, 5) is 10.5. The number of hydrogen-bond acceptors (Lipinski definition) is 3. The zero-order valence-corrected chi connectivity index (χ0v) is 8.01. The Hall–Kier alpha value is -1.85. The van der Waals surface area contributed by atoms with Crippen LogP contribution in [-0.2, 0) is 0 Å². The summed E-state index contributed by atoms with van der Waals surface area (Å²) in [5, 5.41) is 8.57. The minimum atomic E-state index is -1.58. The third-order valence-corrected chi connectivity index (χ3v) is 1.77. The first-order valence-corrected chi connectivity index (χ1v) is 3.86. The van der Waals surface area contributed by atoms with Crippen LogP contribution < -0.4 is 9.47 Å². The van der Waals surface area contributed by atoms with Gasteiger partial charge in [0.05, 0.1) is 14.2 Å². The maximum atomic E-state index is 13.4. The van der Waals surface area contributed by atoms with Gasteiger partial charge in [-0.2, -0.15) is 0 Å². The van der Waals surface area contributed by atoms with Gasteiger partial charge in [0.2, 0.25) is 5.75 Å². The summed E-state index contributed by atoms with van der Waals surface area (Å²) >= 11 is 0. The molecular formula is C9H8F2O4. The van der Waals surface area contributed by atoms with Crippen LogP contribution in [0.25, 0.3) is 0 Å². The number of hydrogen-bond donors (Lipinski definition) is 1. The summed E-state index contributed by atoms with van der Waals surface area (Å²) in [6.45, 7) is 0. The first-order valence-electron chi connectivity index (χ1n) is 3.86. The molecule has 0 saturated carbocycles. The summed E-state index contributed by atoms with van der Waals surface area (Å²) in [7, 11) is 2.22. The number of ether oxygens (including phenoxy) is 2. The normalized spacial score (nSPS) is 9.87. The van der Waals surface area contributed by atoms with Crippen molar-refractivity contribution in [2.75, 3.05) is 14.2 Å². The van der Waals surface area contributed by atoms with Crippen molar-refractivity contribution >= 4 is 5.97 Å². The molecule has 0 radical (unpaired) electrons. The van der Waals surface area contributed by atoms with E-state index in [1.165, 1.54) is 0 Å². The molecule has 0 aromatic heterocycles. The first-order chi connectivity index (χ1) is 7.02. The van der Waals surface area contributed by atoms with Gasteiger partial charge in [-0.05, 0) is 6.07 Å². The Morgan fingerprint density at radius 1 is 1.27 bits per heavy atom. The summed E-state index contributed by atoms with van der Waals surface area (Å²) in [6, 6.07) is 0.541. The Labute approximate surface area is 84.0 Å². The molecule has 0 saturated heterocycles. The molecule has 1 N–H and O–H groups in total. The molecule has 0 amide bonds. The number of methoxy groups -OCH3 is 2. The fourth-order valence-electron chi connectivity index (χ4n) is 1.11. The predicted molar refractivity (Wildman–Crippen MR) is 46.4 cm³/mol. The van der Waals surface area contributed by atoms with Crippen LogP contribution in [0.4, 0.5) is 8.78 Å². The van der Waals surface area contributed by atoms with E-state index in [1.807, 2.05) is 0 Å². The second-order valence-corrected chi connectivity index (χ2v) is 2.59. The molecule has 82 valence electrons. The summed E-state index contributed by atoms with van der Waals surface area (Å²) in [5.41, 5.74) is -0.801. The maximum Gasteiger partial charge on any atom is 0.338 e. The molecule has 15 heavy (non-hydrogen) atoms. The lowest BCUT2D eigenvalue weighted by Gasteiger charge is -2.10. The summed E-state index contributed by atoms with van der Waals surface area (Å²) in [6.07, 6.45) is 0. The second-order valence-electron chi connectivity index (χ2n) is 2.59. The van der Waals surface area contributed by atoms with Crippen LogP contribution in [0.15, 0.2) is 6.07 Å². The predicted octanol–water partition coefficient (Wildman–Crippen LogP) is 1.68. The largest absolute Gasteiger partial charge is 0.490 e. The van der Waals surface area contributed by atoms with Crippen molar-refractivity contribution in [2.24, 2.45) is 0 Å². The van der Waals surface area contributed by atoms with E-state index < -0.39 is 34.7 Å². The van der Waals surface area contributed by atoms with Crippen molar-refractivity contribution in [3.05, 3.63) is 23.3 Å². The van der Waals surface area contributed by atoms with E-state index in [0.717, 1.165) is 14.2 Å². The fraction of sp³-hybridized carbons (Fsp3) is 0.222. The number of rotatable bonds is 3. The molecule has 0 fully saturated rings. The van der Waals surface area contributed by atoms with Crippen LogP contribution in [0.3, 0.4) is 0 Å². The molecule has 0 heterocycles. The molecule has 0 atom stereocenters. The van der Waals surface area contributed by atoms with E-state index in [4.69, 9.17) is 5.11 Å². The van der Waals surface area contributed by atoms with E-state index in [9.17, 15) is 13.6 Å². The summed E-state index contributed by atoms with van der Waals surface area (Å²) in [5.74, 6) is -4.75. The van der Waals surface area contributed by atoms with Crippen molar-refractivity contribution in [3.8, 4) is 11.5 Å². The van der Waals surface area contributed by atoms with E-state index in [2.05, 4.69) is 9.47 Å². The highest BCUT2D eigenvalue weighted by molar-refractivity contribution is 5.89. The Balaban J connectivity index is 3.51. The molecular weight excluding hydrogens is 210 g/mol. The highest BCUT2D eigenvalue weighted by Crippen LogP contribution is 2.34. The van der Waals surface area contributed by atoms with Gasteiger partial charge in [0, 0.05) is 0 Å². The van der Waals surface area contributed by atoms with Crippen LogP contribution >= 0.6 is 0 Å². The van der Waals surface area contributed by atoms with E-state index in [-0.39, 0.29) is 0 Å². The smallest absolute Gasteiger partial charge is 0.338 e. The molecule has 0 aliphatic rings. The average molecular weight is 218 g/mol. The molecule has 4 nitrogen and oxygen atoms in total. The lowest BCUT2D eigenvalue weighted by atomic mass is 10.1. The molecule has 1 aromatic rings. The molecule has 6 heteroatoms. The molecule has 1 aromatic carbocycles. The second kappa shape index (κ2) is 4.12. The number of halogens is 2.